The molecule has 1 aromatic carbocycles. The number of benzene rings is 1. The van der Waals surface area contributed by atoms with E-state index in [1.165, 1.54) is 12.1 Å². The van der Waals surface area contributed by atoms with E-state index in [0.29, 0.717) is 24.8 Å². The number of nitrogens with zero attached hydrogens (tertiary/aromatic N) is 4. The maximum absolute atomic E-state index is 12.4. The highest BCUT2D eigenvalue weighted by atomic mass is 19.4. The summed E-state index contributed by atoms with van der Waals surface area (Å²) in [5.74, 6) is 0.135. The summed E-state index contributed by atoms with van der Waals surface area (Å²) < 4.78 is 45.6. The summed E-state index contributed by atoms with van der Waals surface area (Å²) in [6.45, 7) is 0.773. The number of ether oxygens (including phenoxy) is 1. The van der Waals surface area contributed by atoms with Gasteiger partial charge in [-0.15, -0.1) is 13.2 Å². The van der Waals surface area contributed by atoms with Crippen LogP contribution in [0.1, 0.15) is 22.2 Å². The fraction of sp³-hybridized carbons (Fsp3) is 0.222. The van der Waals surface area contributed by atoms with Crippen LogP contribution < -0.4 is 4.74 Å². The highest BCUT2D eigenvalue weighted by Gasteiger charge is 2.36. The van der Waals surface area contributed by atoms with Crippen molar-refractivity contribution < 1.29 is 27.2 Å². The molecule has 0 unspecified atom stereocenters. The Bertz CT molecular complexity index is 968. The molecule has 2 aromatic heterocycles. The van der Waals surface area contributed by atoms with Crippen molar-refractivity contribution in [2.24, 2.45) is 0 Å². The Morgan fingerprint density at radius 1 is 1.11 bits per heavy atom. The summed E-state index contributed by atoms with van der Waals surface area (Å²) in [5.41, 5.74) is 1.05. The number of alkyl halides is 3. The van der Waals surface area contributed by atoms with Crippen LogP contribution in [-0.2, 0) is 0 Å². The van der Waals surface area contributed by atoms with Crippen LogP contribution in [0.3, 0.4) is 0 Å². The zero-order chi connectivity index (χ0) is 19.7. The van der Waals surface area contributed by atoms with Crippen LogP contribution in [0.4, 0.5) is 13.2 Å². The van der Waals surface area contributed by atoms with E-state index in [2.05, 4.69) is 19.9 Å². The van der Waals surface area contributed by atoms with Crippen molar-refractivity contribution >= 4 is 5.91 Å². The molecule has 0 N–H and O–H groups in total. The number of amides is 1. The molecule has 0 bridgehead atoms. The van der Waals surface area contributed by atoms with Crippen molar-refractivity contribution in [1.29, 1.82) is 0 Å². The maximum Gasteiger partial charge on any atom is 0.573 e. The molecular weight excluding hydrogens is 377 g/mol. The molecule has 3 aromatic rings. The van der Waals surface area contributed by atoms with Crippen molar-refractivity contribution in [2.75, 3.05) is 13.1 Å². The summed E-state index contributed by atoms with van der Waals surface area (Å²) in [6.07, 6.45) is -1.52. The second-order valence-electron chi connectivity index (χ2n) is 6.17. The topological polar surface area (TPSA) is 81.4 Å². The summed E-state index contributed by atoms with van der Waals surface area (Å²) >= 11 is 0. The molecule has 144 valence electrons. The molecule has 4 rings (SSSR count). The van der Waals surface area contributed by atoms with Crippen molar-refractivity contribution in [1.82, 2.24) is 20.0 Å². The number of hydrogen-bond acceptors (Lipinski definition) is 6. The standard InChI is InChI=1S/C18H13F3N4O3/c19-18(20,21)27-14-3-1-12(2-4-14)17(26)25-9-13(10-25)16-23-15(24-28-16)11-5-7-22-8-6-11/h1-8,13H,9-10H2. The van der Waals surface area contributed by atoms with Crippen molar-refractivity contribution in [2.45, 2.75) is 12.3 Å². The van der Waals surface area contributed by atoms with Gasteiger partial charge >= 0.3 is 6.36 Å². The molecule has 7 nitrogen and oxygen atoms in total. The third-order valence-electron chi connectivity index (χ3n) is 4.23. The number of pyridine rings is 1. The maximum atomic E-state index is 12.4. The van der Waals surface area contributed by atoms with Gasteiger partial charge in [-0.1, -0.05) is 5.16 Å². The van der Waals surface area contributed by atoms with E-state index in [4.69, 9.17) is 4.52 Å². The smallest absolute Gasteiger partial charge is 0.406 e. The zero-order valence-electron chi connectivity index (χ0n) is 14.3. The lowest BCUT2D eigenvalue weighted by Gasteiger charge is -2.37. The van der Waals surface area contributed by atoms with Crippen LogP contribution in [0.15, 0.2) is 53.3 Å². The number of hydrogen-bond donors (Lipinski definition) is 0. The van der Waals surface area contributed by atoms with Gasteiger partial charge in [0.15, 0.2) is 0 Å². The van der Waals surface area contributed by atoms with Gasteiger partial charge in [-0.05, 0) is 36.4 Å². The lowest BCUT2D eigenvalue weighted by molar-refractivity contribution is -0.274. The molecule has 1 fully saturated rings. The number of halogens is 3. The molecular formula is C18H13F3N4O3. The second kappa shape index (κ2) is 6.95. The fourth-order valence-electron chi connectivity index (χ4n) is 2.80. The summed E-state index contributed by atoms with van der Waals surface area (Å²) in [7, 11) is 0. The average Bonchev–Trinajstić information content (AvgIpc) is 3.10. The molecule has 0 atom stereocenters. The van der Waals surface area contributed by atoms with Gasteiger partial charge < -0.3 is 14.2 Å². The van der Waals surface area contributed by atoms with E-state index in [1.807, 2.05) is 0 Å². The molecule has 10 heteroatoms. The average molecular weight is 390 g/mol. The molecule has 1 aliphatic rings. The fourth-order valence-corrected chi connectivity index (χ4v) is 2.80. The second-order valence-corrected chi connectivity index (χ2v) is 6.17. The van der Waals surface area contributed by atoms with Crippen LogP contribution in [0.5, 0.6) is 5.75 Å². The van der Waals surface area contributed by atoms with Gasteiger partial charge in [0.2, 0.25) is 11.7 Å². The summed E-state index contributed by atoms with van der Waals surface area (Å²) in [6, 6.07) is 8.33. The minimum atomic E-state index is -4.77. The summed E-state index contributed by atoms with van der Waals surface area (Å²) in [4.78, 5) is 22.2. The minimum absolute atomic E-state index is 0.0835. The first-order valence-electron chi connectivity index (χ1n) is 8.28. The molecule has 0 spiro atoms. The Morgan fingerprint density at radius 3 is 2.43 bits per heavy atom. The Labute approximate surface area is 156 Å². The molecule has 0 aliphatic carbocycles. The molecule has 1 aliphatic heterocycles. The van der Waals surface area contributed by atoms with Crippen LogP contribution in [0, 0.1) is 0 Å². The van der Waals surface area contributed by atoms with Crippen LogP contribution >= 0.6 is 0 Å². The number of carbonyl (C=O) groups excluding carboxylic acids is 1. The molecule has 0 saturated carbocycles. The first kappa shape index (κ1) is 18.0. The normalized spacial score (nSPS) is 14.6. The predicted octanol–water partition coefficient (Wildman–Crippen LogP) is 3.27. The number of carbonyl (C=O) groups is 1. The Balaban J connectivity index is 1.36. The lowest BCUT2D eigenvalue weighted by Crippen LogP contribution is -2.48. The predicted molar refractivity (Wildman–Crippen MR) is 89.3 cm³/mol. The van der Waals surface area contributed by atoms with E-state index < -0.39 is 6.36 Å². The van der Waals surface area contributed by atoms with Gasteiger partial charge in [0.1, 0.15) is 5.75 Å². The van der Waals surface area contributed by atoms with Gasteiger partial charge in [0.05, 0.1) is 5.92 Å². The van der Waals surface area contributed by atoms with Crippen LogP contribution in [0.2, 0.25) is 0 Å². The Morgan fingerprint density at radius 2 is 1.79 bits per heavy atom. The van der Waals surface area contributed by atoms with Crippen molar-refractivity contribution in [3.05, 3.63) is 60.2 Å². The van der Waals surface area contributed by atoms with E-state index in [-0.39, 0.29) is 23.1 Å². The van der Waals surface area contributed by atoms with Gasteiger partial charge in [0.25, 0.3) is 5.91 Å². The molecule has 1 saturated heterocycles. The van der Waals surface area contributed by atoms with E-state index >= 15 is 0 Å². The van der Waals surface area contributed by atoms with Gasteiger partial charge in [0, 0.05) is 36.6 Å². The first-order chi connectivity index (χ1) is 13.4. The van der Waals surface area contributed by atoms with Gasteiger partial charge in [-0.2, -0.15) is 4.98 Å². The summed E-state index contributed by atoms with van der Waals surface area (Å²) in [5, 5.41) is 3.93. The highest BCUT2D eigenvalue weighted by Crippen LogP contribution is 2.29. The third kappa shape index (κ3) is 3.80. The van der Waals surface area contributed by atoms with Crippen LogP contribution in [0.25, 0.3) is 11.4 Å². The van der Waals surface area contributed by atoms with Gasteiger partial charge in [-0.3, -0.25) is 9.78 Å². The van der Waals surface area contributed by atoms with E-state index in [0.717, 1.165) is 17.7 Å². The molecule has 1 amide bonds. The Hall–Kier alpha value is -3.43. The third-order valence-corrected chi connectivity index (χ3v) is 4.23. The number of aromatic nitrogens is 3. The van der Waals surface area contributed by atoms with Crippen LogP contribution in [-0.4, -0.2) is 45.4 Å². The molecule has 0 radical (unpaired) electrons. The highest BCUT2D eigenvalue weighted by molar-refractivity contribution is 5.95. The SMILES string of the molecule is O=C(c1ccc(OC(F)(F)F)cc1)N1CC(c2nc(-c3ccncc3)no2)C1. The molecule has 28 heavy (non-hydrogen) atoms. The Kier molecular flexibility index (Phi) is 4.46. The van der Waals surface area contributed by atoms with Gasteiger partial charge in [-0.25, -0.2) is 0 Å². The number of rotatable bonds is 4. The van der Waals surface area contributed by atoms with Crippen molar-refractivity contribution in [3.8, 4) is 17.1 Å². The zero-order valence-corrected chi connectivity index (χ0v) is 14.3. The van der Waals surface area contributed by atoms with Crippen molar-refractivity contribution in [3.63, 3.8) is 0 Å². The number of likely N-dealkylation sites (tertiary alicyclic amines) is 1. The quantitative estimate of drug-likeness (QED) is 0.680. The monoisotopic (exact) mass is 390 g/mol. The largest absolute Gasteiger partial charge is 0.573 e. The first-order valence-corrected chi connectivity index (χ1v) is 8.28. The lowest BCUT2D eigenvalue weighted by atomic mass is 9.98. The molecule has 3 heterocycles. The van der Waals surface area contributed by atoms with E-state index in [1.54, 1.807) is 29.4 Å². The van der Waals surface area contributed by atoms with E-state index in [9.17, 15) is 18.0 Å². The minimum Gasteiger partial charge on any atom is -0.406 e.